The molecule has 1 amide bonds. The Morgan fingerprint density at radius 2 is 2.07 bits per heavy atom. The Kier molecular flexibility index (Phi) is 3.55. The summed E-state index contributed by atoms with van der Waals surface area (Å²) in [7, 11) is 0. The van der Waals surface area contributed by atoms with Crippen molar-refractivity contribution in [2.45, 2.75) is 34.6 Å². The Morgan fingerprint density at radius 3 is 2.53 bits per heavy atom. The van der Waals surface area contributed by atoms with E-state index in [0.29, 0.717) is 12.5 Å². The topological polar surface area (TPSA) is 38.3 Å². The van der Waals surface area contributed by atoms with Crippen LogP contribution in [-0.4, -0.2) is 12.5 Å². The lowest BCUT2D eigenvalue weighted by molar-refractivity contribution is -0.135. The molecule has 1 saturated carbocycles. The molecule has 3 heteroatoms. The predicted molar refractivity (Wildman–Crippen MR) is 60.0 cm³/mol. The quantitative estimate of drug-likeness (QED) is 0.572. The van der Waals surface area contributed by atoms with E-state index in [2.05, 4.69) is 39.3 Å². The second-order valence-corrected chi connectivity index (χ2v) is 4.97. The first kappa shape index (κ1) is 12.2. The van der Waals surface area contributed by atoms with Crippen LogP contribution in [0.3, 0.4) is 0 Å². The molecule has 1 rings (SSSR count). The van der Waals surface area contributed by atoms with Crippen LogP contribution >= 0.6 is 0 Å². The van der Waals surface area contributed by atoms with Crippen molar-refractivity contribution in [1.29, 1.82) is 0 Å². The molecule has 0 radical (unpaired) electrons. The minimum Gasteiger partial charge on any atom is -0.274 e. The van der Waals surface area contributed by atoms with Gasteiger partial charge in [-0.25, -0.2) is 5.48 Å². The molecular weight excluding hydrogens is 190 g/mol. The van der Waals surface area contributed by atoms with Crippen molar-refractivity contribution in [2.24, 2.45) is 17.3 Å². The first-order valence-electron chi connectivity index (χ1n) is 5.48. The summed E-state index contributed by atoms with van der Waals surface area (Å²) in [6.07, 6.45) is 2.18. The first-order chi connectivity index (χ1) is 6.91. The van der Waals surface area contributed by atoms with E-state index in [1.165, 1.54) is 5.57 Å². The number of allylic oxidation sites excluding steroid dienone is 2. The zero-order chi connectivity index (χ0) is 11.6. The van der Waals surface area contributed by atoms with E-state index < -0.39 is 0 Å². The van der Waals surface area contributed by atoms with Crippen LogP contribution in [-0.2, 0) is 9.63 Å². The molecule has 3 nitrogen and oxygen atoms in total. The summed E-state index contributed by atoms with van der Waals surface area (Å²) in [5.41, 5.74) is 3.82. The second-order valence-electron chi connectivity index (χ2n) is 4.97. The smallest absolute Gasteiger partial charge is 0.247 e. The van der Waals surface area contributed by atoms with Gasteiger partial charge < -0.3 is 0 Å². The number of carbonyl (C=O) groups excluding carboxylic acids is 1. The van der Waals surface area contributed by atoms with Gasteiger partial charge in [0.25, 0.3) is 0 Å². The van der Waals surface area contributed by atoms with Crippen LogP contribution in [0.4, 0.5) is 0 Å². The molecule has 0 aromatic heterocycles. The molecule has 86 valence electrons. The van der Waals surface area contributed by atoms with E-state index in [1.807, 2.05) is 6.92 Å². The molecule has 1 fully saturated rings. The third kappa shape index (κ3) is 2.59. The SMILES string of the molecule is CCONC(=O)[C@H]1[C@H](C=C(C)C)C1(C)C. The highest BCUT2D eigenvalue weighted by molar-refractivity contribution is 5.82. The van der Waals surface area contributed by atoms with E-state index in [4.69, 9.17) is 4.84 Å². The zero-order valence-electron chi connectivity index (χ0n) is 10.3. The van der Waals surface area contributed by atoms with Crippen molar-refractivity contribution in [3.63, 3.8) is 0 Å². The maximum Gasteiger partial charge on any atom is 0.247 e. The minimum absolute atomic E-state index is 0.00403. The molecule has 1 aliphatic rings. The summed E-state index contributed by atoms with van der Waals surface area (Å²) >= 11 is 0. The van der Waals surface area contributed by atoms with Gasteiger partial charge in [-0.05, 0) is 32.1 Å². The summed E-state index contributed by atoms with van der Waals surface area (Å²) in [6.45, 7) is 10.7. The summed E-state index contributed by atoms with van der Waals surface area (Å²) in [5, 5.41) is 0. The average molecular weight is 211 g/mol. The summed E-state index contributed by atoms with van der Waals surface area (Å²) in [5.74, 6) is 0.409. The monoisotopic (exact) mass is 211 g/mol. The van der Waals surface area contributed by atoms with Gasteiger partial charge in [0.05, 0.1) is 12.5 Å². The number of nitrogens with one attached hydrogen (secondary N) is 1. The number of carbonyl (C=O) groups is 1. The molecule has 0 aromatic rings. The van der Waals surface area contributed by atoms with Crippen molar-refractivity contribution in [3.8, 4) is 0 Å². The highest BCUT2D eigenvalue weighted by atomic mass is 16.6. The first-order valence-corrected chi connectivity index (χ1v) is 5.48. The predicted octanol–water partition coefficient (Wildman–Crippen LogP) is 2.29. The van der Waals surface area contributed by atoms with E-state index in [9.17, 15) is 4.79 Å². The van der Waals surface area contributed by atoms with Gasteiger partial charge in [0.1, 0.15) is 0 Å². The third-order valence-electron chi connectivity index (χ3n) is 3.02. The fourth-order valence-electron chi connectivity index (χ4n) is 2.06. The minimum atomic E-state index is 0.00403. The summed E-state index contributed by atoms with van der Waals surface area (Å²) in [6, 6.07) is 0. The van der Waals surface area contributed by atoms with Gasteiger partial charge in [-0.3, -0.25) is 9.63 Å². The molecular formula is C12H21NO2. The van der Waals surface area contributed by atoms with Crippen LogP contribution in [0.15, 0.2) is 11.6 Å². The van der Waals surface area contributed by atoms with Crippen molar-refractivity contribution in [3.05, 3.63) is 11.6 Å². The molecule has 0 aromatic carbocycles. The molecule has 0 saturated heterocycles. The zero-order valence-corrected chi connectivity index (χ0v) is 10.3. The van der Waals surface area contributed by atoms with Gasteiger partial charge >= 0.3 is 0 Å². The van der Waals surface area contributed by atoms with Crippen molar-refractivity contribution in [2.75, 3.05) is 6.61 Å². The van der Waals surface area contributed by atoms with Gasteiger partial charge in [-0.1, -0.05) is 25.5 Å². The van der Waals surface area contributed by atoms with Gasteiger partial charge in [0, 0.05) is 0 Å². The Bertz CT molecular complexity index is 277. The molecule has 0 aliphatic heterocycles. The van der Waals surface area contributed by atoms with Crippen LogP contribution in [0.2, 0.25) is 0 Å². The number of hydrogen-bond acceptors (Lipinski definition) is 2. The maximum atomic E-state index is 11.7. The van der Waals surface area contributed by atoms with Crippen LogP contribution in [0.1, 0.15) is 34.6 Å². The molecule has 1 N–H and O–H groups in total. The van der Waals surface area contributed by atoms with Gasteiger partial charge in [0.15, 0.2) is 0 Å². The van der Waals surface area contributed by atoms with Crippen LogP contribution in [0.25, 0.3) is 0 Å². The highest BCUT2D eigenvalue weighted by Gasteiger charge is 2.60. The van der Waals surface area contributed by atoms with Gasteiger partial charge in [0.2, 0.25) is 5.91 Å². The normalized spacial score (nSPS) is 27.0. The Labute approximate surface area is 91.8 Å². The molecule has 15 heavy (non-hydrogen) atoms. The Morgan fingerprint density at radius 1 is 1.47 bits per heavy atom. The van der Waals surface area contributed by atoms with E-state index >= 15 is 0 Å². The largest absolute Gasteiger partial charge is 0.274 e. The lowest BCUT2D eigenvalue weighted by Crippen LogP contribution is -2.26. The molecule has 0 heterocycles. The number of rotatable bonds is 4. The second kappa shape index (κ2) is 4.35. The Hall–Kier alpha value is -0.830. The van der Waals surface area contributed by atoms with Crippen molar-refractivity contribution >= 4 is 5.91 Å². The van der Waals surface area contributed by atoms with Crippen LogP contribution in [0, 0.1) is 17.3 Å². The van der Waals surface area contributed by atoms with Crippen molar-refractivity contribution in [1.82, 2.24) is 5.48 Å². The molecule has 0 spiro atoms. The number of hydrogen-bond donors (Lipinski definition) is 1. The van der Waals surface area contributed by atoms with Gasteiger partial charge in [-0.2, -0.15) is 0 Å². The summed E-state index contributed by atoms with van der Waals surface area (Å²) in [4.78, 5) is 16.6. The standard InChI is InChI=1S/C12H21NO2/c1-6-15-13-11(14)10-9(7-8(2)3)12(10,4)5/h7,9-10H,6H2,1-5H3,(H,13,14)/t9-,10+/m0/s1. The highest BCUT2D eigenvalue weighted by Crippen LogP contribution is 2.59. The fraction of sp³-hybridized carbons (Fsp3) is 0.750. The fourth-order valence-corrected chi connectivity index (χ4v) is 2.06. The average Bonchev–Trinajstić information content (AvgIpc) is 2.63. The van der Waals surface area contributed by atoms with Crippen LogP contribution < -0.4 is 5.48 Å². The molecule has 0 unspecified atom stereocenters. The van der Waals surface area contributed by atoms with Crippen molar-refractivity contribution < 1.29 is 9.63 Å². The molecule has 2 atom stereocenters. The molecule has 1 aliphatic carbocycles. The van der Waals surface area contributed by atoms with E-state index in [-0.39, 0.29) is 17.2 Å². The van der Waals surface area contributed by atoms with Gasteiger partial charge in [-0.15, -0.1) is 0 Å². The van der Waals surface area contributed by atoms with E-state index in [1.54, 1.807) is 0 Å². The maximum absolute atomic E-state index is 11.7. The Balaban J connectivity index is 2.58. The number of amides is 1. The van der Waals surface area contributed by atoms with E-state index in [0.717, 1.165) is 0 Å². The lowest BCUT2D eigenvalue weighted by atomic mass is 10.1. The summed E-state index contributed by atoms with van der Waals surface area (Å²) < 4.78 is 0. The lowest BCUT2D eigenvalue weighted by Gasteiger charge is -2.03. The number of hydroxylamine groups is 1. The third-order valence-corrected chi connectivity index (χ3v) is 3.02. The molecule has 0 bridgehead atoms. The van der Waals surface area contributed by atoms with Crippen LogP contribution in [0.5, 0.6) is 0 Å².